The van der Waals surface area contributed by atoms with Gasteiger partial charge in [0, 0.05) is 25.8 Å². The molecule has 1 amide bonds. The van der Waals surface area contributed by atoms with Gasteiger partial charge in [-0.2, -0.15) is 0 Å². The Bertz CT molecular complexity index is 475. The van der Waals surface area contributed by atoms with Gasteiger partial charge in [-0.25, -0.2) is 0 Å². The highest BCUT2D eigenvalue weighted by Crippen LogP contribution is 2.39. The minimum absolute atomic E-state index is 0.109. The molecule has 98 valence electrons. The summed E-state index contributed by atoms with van der Waals surface area (Å²) in [5.41, 5.74) is 7.28. The van der Waals surface area contributed by atoms with Crippen molar-refractivity contribution >= 4 is 11.6 Å². The van der Waals surface area contributed by atoms with Crippen molar-refractivity contribution < 1.29 is 4.79 Å². The second kappa shape index (κ2) is 4.04. The Balaban J connectivity index is 1.74. The van der Waals surface area contributed by atoms with Crippen LogP contribution in [0.25, 0.3) is 0 Å². The molecular weight excluding hydrogens is 226 g/mol. The summed E-state index contributed by atoms with van der Waals surface area (Å²) in [4.78, 5) is 14.3. The average Bonchev–Trinajstić information content (AvgIpc) is 3.22. The number of carbonyl (C=O) groups excluding carboxylic acids is 1. The van der Waals surface area contributed by atoms with Gasteiger partial charge in [0.1, 0.15) is 5.69 Å². The fourth-order valence-electron chi connectivity index (χ4n) is 2.61. The molecule has 2 aliphatic carbocycles. The molecule has 1 aromatic rings. The van der Waals surface area contributed by atoms with E-state index in [0.717, 1.165) is 31.0 Å². The van der Waals surface area contributed by atoms with Crippen LogP contribution in [0, 0.1) is 11.8 Å². The number of hydrogen-bond donors (Lipinski definition) is 1. The molecule has 2 atom stereocenters. The van der Waals surface area contributed by atoms with Crippen LogP contribution >= 0.6 is 0 Å². The van der Waals surface area contributed by atoms with Crippen LogP contribution in [0.2, 0.25) is 0 Å². The van der Waals surface area contributed by atoms with Crippen molar-refractivity contribution in [3.8, 4) is 0 Å². The average molecular weight is 247 g/mol. The number of anilines is 1. The molecule has 0 saturated heterocycles. The quantitative estimate of drug-likeness (QED) is 0.886. The summed E-state index contributed by atoms with van der Waals surface area (Å²) in [6, 6.07) is 2.31. The van der Waals surface area contributed by atoms with Crippen molar-refractivity contribution in [2.45, 2.75) is 32.2 Å². The van der Waals surface area contributed by atoms with Crippen LogP contribution in [0.5, 0.6) is 0 Å². The molecule has 18 heavy (non-hydrogen) atoms. The topological polar surface area (TPSA) is 51.3 Å². The molecule has 0 spiro atoms. The van der Waals surface area contributed by atoms with E-state index in [1.165, 1.54) is 6.42 Å². The highest BCUT2D eigenvalue weighted by atomic mass is 16.2. The maximum Gasteiger partial charge on any atom is 0.270 e. The second-order valence-electron chi connectivity index (χ2n) is 5.96. The van der Waals surface area contributed by atoms with E-state index in [2.05, 4.69) is 11.5 Å². The lowest BCUT2D eigenvalue weighted by Gasteiger charge is -2.18. The highest BCUT2D eigenvalue weighted by Gasteiger charge is 2.35. The van der Waals surface area contributed by atoms with Gasteiger partial charge in [0.15, 0.2) is 0 Å². The molecule has 2 N–H and O–H groups in total. The number of carbonyl (C=O) groups is 1. The van der Waals surface area contributed by atoms with E-state index >= 15 is 0 Å². The molecule has 1 heterocycles. The molecule has 3 rings (SSSR count). The Hall–Kier alpha value is -1.45. The molecule has 4 heteroatoms. The molecule has 2 unspecified atom stereocenters. The zero-order valence-corrected chi connectivity index (χ0v) is 11.1. The third kappa shape index (κ3) is 2.11. The number of hydrogen-bond acceptors (Lipinski definition) is 2. The molecule has 0 aliphatic heterocycles. The monoisotopic (exact) mass is 247 g/mol. The Kier molecular flexibility index (Phi) is 2.61. The van der Waals surface area contributed by atoms with Gasteiger partial charge in [0.25, 0.3) is 5.91 Å². The van der Waals surface area contributed by atoms with Gasteiger partial charge in [-0.05, 0) is 37.2 Å². The standard InChI is InChI=1S/C14H21N3O/c1-9-5-10(9)7-16(2)14(18)13-6-11(15)8-17(13)12-3-4-12/h6,8-10,12H,3-5,7,15H2,1-2H3. The van der Waals surface area contributed by atoms with E-state index in [9.17, 15) is 4.79 Å². The van der Waals surface area contributed by atoms with Crippen LogP contribution < -0.4 is 5.73 Å². The summed E-state index contributed by atoms with van der Waals surface area (Å²) in [7, 11) is 1.90. The molecule has 1 aromatic heterocycles. The van der Waals surface area contributed by atoms with Crippen LogP contribution in [0.4, 0.5) is 5.69 Å². The fraction of sp³-hybridized carbons (Fsp3) is 0.643. The van der Waals surface area contributed by atoms with Crippen LogP contribution in [0.15, 0.2) is 12.3 Å². The normalized spacial score (nSPS) is 26.1. The molecule has 0 radical (unpaired) electrons. The third-order valence-electron chi connectivity index (χ3n) is 4.16. The van der Waals surface area contributed by atoms with Crippen molar-refractivity contribution in [2.24, 2.45) is 11.8 Å². The van der Waals surface area contributed by atoms with E-state index in [4.69, 9.17) is 5.73 Å². The zero-order valence-electron chi connectivity index (χ0n) is 11.1. The van der Waals surface area contributed by atoms with E-state index in [0.29, 0.717) is 17.6 Å². The minimum atomic E-state index is 0.109. The van der Waals surface area contributed by atoms with Crippen molar-refractivity contribution in [2.75, 3.05) is 19.3 Å². The molecule has 2 fully saturated rings. The first-order valence-electron chi connectivity index (χ1n) is 6.79. The van der Waals surface area contributed by atoms with Crippen LogP contribution in [0.1, 0.15) is 42.7 Å². The van der Waals surface area contributed by atoms with Gasteiger partial charge < -0.3 is 15.2 Å². The number of aromatic nitrogens is 1. The van der Waals surface area contributed by atoms with Crippen molar-refractivity contribution in [3.05, 3.63) is 18.0 Å². The Morgan fingerprint density at radius 2 is 2.22 bits per heavy atom. The zero-order chi connectivity index (χ0) is 12.9. The van der Waals surface area contributed by atoms with E-state index in [-0.39, 0.29) is 5.91 Å². The van der Waals surface area contributed by atoms with Crippen LogP contribution in [-0.4, -0.2) is 29.0 Å². The van der Waals surface area contributed by atoms with E-state index in [1.807, 2.05) is 24.2 Å². The minimum Gasteiger partial charge on any atom is -0.397 e. The number of nitrogens with two attached hydrogens (primary N) is 1. The van der Waals surface area contributed by atoms with E-state index < -0.39 is 0 Å². The smallest absolute Gasteiger partial charge is 0.270 e. The van der Waals surface area contributed by atoms with Gasteiger partial charge in [0.05, 0.1) is 5.69 Å². The lowest BCUT2D eigenvalue weighted by atomic mass is 10.3. The number of amides is 1. The highest BCUT2D eigenvalue weighted by molar-refractivity contribution is 5.93. The van der Waals surface area contributed by atoms with Gasteiger partial charge in [-0.1, -0.05) is 6.92 Å². The molecular formula is C14H21N3O. The molecule has 2 saturated carbocycles. The van der Waals surface area contributed by atoms with Gasteiger partial charge in [-0.3, -0.25) is 4.79 Å². The number of nitrogen functional groups attached to an aromatic ring is 1. The van der Waals surface area contributed by atoms with Gasteiger partial charge in [-0.15, -0.1) is 0 Å². The summed E-state index contributed by atoms with van der Waals surface area (Å²) in [5.74, 6) is 1.58. The molecule has 4 nitrogen and oxygen atoms in total. The van der Waals surface area contributed by atoms with Crippen molar-refractivity contribution in [1.82, 2.24) is 9.47 Å². The molecule has 0 aromatic carbocycles. The fourth-order valence-corrected chi connectivity index (χ4v) is 2.61. The summed E-state index contributed by atoms with van der Waals surface area (Å²) in [6.45, 7) is 3.11. The summed E-state index contributed by atoms with van der Waals surface area (Å²) < 4.78 is 2.06. The molecule has 2 aliphatic rings. The van der Waals surface area contributed by atoms with Gasteiger partial charge >= 0.3 is 0 Å². The second-order valence-corrected chi connectivity index (χ2v) is 5.96. The van der Waals surface area contributed by atoms with Crippen LogP contribution in [-0.2, 0) is 0 Å². The predicted octanol–water partition coefficient (Wildman–Crippen LogP) is 2.13. The largest absolute Gasteiger partial charge is 0.397 e. The van der Waals surface area contributed by atoms with Crippen molar-refractivity contribution in [1.29, 1.82) is 0 Å². The van der Waals surface area contributed by atoms with Gasteiger partial charge in [0.2, 0.25) is 0 Å². The number of nitrogens with zero attached hydrogens (tertiary/aromatic N) is 2. The molecule has 0 bridgehead atoms. The lowest BCUT2D eigenvalue weighted by molar-refractivity contribution is 0.0776. The van der Waals surface area contributed by atoms with E-state index in [1.54, 1.807) is 0 Å². The third-order valence-corrected chi connectivity index (χ3v) is 4.16. The Labute approximate surface area is 108 Å². The first kappa shape index (κ1) is 11.6. The Morgan fingerprint density at radius 3 is 2.78 bits per heavy atom. The van der Waals surface area contributed by atoms with Crippen LogP contribution in [0.3, 0.4) is 0 Å². The lowest BCUT2D eigenvalue weighted by Crippen LogP contribution is -2.30. The summed E-state index contributed by atoms with van der Waals surface area (Å²) in [5, 5.41) is 0. The maximum absolute atomic E-state index is 12.4. The predicted molar refractivity (Wildman–Crippen MR) is 71.3 cm³/mol. The first-order valence-corrected chi connectivity index (χ1v) is 6.79. The summed E-state index contributed by atoms with van der Waals surface area (Å²) in [6.07, 6.45) is 5.48. The first-order chi connectivity index (χ1) is 8.56. The number of rotatable bonds is 4. The Morgan fingerprint density at radius 1 is 1.56 bits per heavy atom. The SMILES string of the molecule is CC1CC1CN(C)C(=O)c1cc(N)cn1C1CC1. The summed E-state index contributed by atoms with van der Waals surface area (Å²) >= 11 is 0. The van der Waals surface area contributed by atoms with Crippen molar-refractivity contribution in [3.63, 3.8) is 0 Å². The maximum atomic E-state index is 12.4.